The molecule has 0 spiro atoms. The smallest absolute Gasteiger partial charge is 0.138 e. The van der Waals surface area contributed by atoms with Crippen molar-refractivity contribution in [1.82, 2.24) is 9.97 Å². The molecule has 0 fully saturated rings. The molecule has 1 N–H and O–H groups in total. The number of hydrogen-bond acceptors (Lipinski definition) is 3. The number of fused-ring (bicyclic) bond motifs is 1. The number of rotatable bonds is 5. The maximum atomic E-state index is 6.17. The van der Waals surface area contributed by atoms with E-state index in [1.165, 1.54) is 0 Å². The minimum Gasteiger partial charge on any atom is -0.496 e. The fraction of sp³-hybridized carbons (Fsp3) is 0.0952. The fourth-order valence-electron chi connectivity index (χ4n) is 2.85. The molecule has 26 heavy (non-hydrogen) atoms. The third kappa shape index (κ3) is 3.24. The number of nitrogens with one attached hydrogen (secondary N) is 1. The van der Waals surface area contributed by atoms with Crippen LogP contribution in [-0.2, 0) is 6.61 Å². The predicted octanol–water partition coefficient (Wildman–Crippen LogP) is 5.47. The average Bonchev–Trinajstić information content (AvgIpc) is 3.11. The van der Waals surface area contributed by atoms with Crippen LogP contribution in [0.2, 0.25) is 5.02 Å². The number of H-pyrrole nitrogens is 1. The Kier molecular flexibility index (Phi) is 4.50. The van der Waals surface area contributed by atoms with E-state index in [2.05, 4.69) is 9.97 Å². The van der Waals surface area contributed by atoms with Crippen molar-refractivity contribution < 1.29 is 9.47 Å². The zero-order valence-corrected chi connectivity index (χ0v) is 15.0. The fourth-order valence-corrected chi connectivity index (χ4v) is 3.04. The number of nitrogens with zero attached hydrogens (tertiary/aromatic N) is 1. The predicted molar refractivity (Wildman–Crippen MR) is 104 cm³/mol. The molecule has 0 unspecified atom stereocenters. The molecule has 4 aromatic rings. The van der Waals surface area contributed by atoms with Gasteiger partial charge in [0.15, 0.2) is 0 Å². The van der Waals surface area contributed by atoms with Gasteiger partial charge in [0.2, 0.25) is 0 Å². The lowest BCUT2D eigenvalue weighted by Crippen LogP contribution is -2.00. The summed E-state index contributed by atoms with van der Waals surface area (Å²) in [7, 11) is 1.65. The summed E-state index contributed by atoms with van der Waals surface area (Å²) in [6.45, 7) is 0.348. The molecule has 1 heterocycles. The van der Waals surface area contributed by atoms with E-state index in [9.17, 15) is 0 Å². The molecular formula is C21H17ClN2O2. The third-order valence-corrected chi connectivity index (χ3v) is 4.48. The van der Waals surface area contributed by atoms with E-state index in [1.807, 2.05) is 60.7 Å². The van der Waals surface area contributed by atoms with Crippen molar-refractivity contribution in [1.29, 1.82) is 0 Å². The van der Waals surface area contributed by atoms with Gasteiger partial charge in [-0.15, -0.1) is 0 Å². The lowest BCUT2D eigenvalue weighted by molar-refractivity contribution is 0.297. The van der Waals surface area contributed by atoms with Crippen LogP contribution in [0.4, 0.5) is 0 Å². The van der Waals surface area contributed by atoms with Gasteiger partial charge in [0.05, 0.1) is 23.2 Å². The molecule has 0 saturated heterocycles. The summed E-state index contributed by atoms with van der Waals surface area (Å²) in [6, 6.07) is 21.3. The molecule has 0 amide bonds. The zero-order valence-electron chi connectivity index (χ0n) is 14.2. The van der Waals surface area contributed by atoms with Crippen molar-refractivity contribution in [2.24, 2.45) is 0 Å². The Labute approximate surface area is 156 Å². The molecule has 1 aromatic heterocycles. The molecule has 4 nitrogen and oxygen atoms in total. The van der Waals surface area contributed by atoms with Gasteiger partial charge in [0, 0.05) is 11.1 Å². The number of para-hydroxylation sites is 3. The highest BCUT2D eigenvalue weighted by Crippen LogP contribution is 2.29. The van der Waals surface area contributed by atoms with E-state index in [0.29, 0.717) is 17.4 Å². The minimum atomic E-state index is 0.348. The molecule has 130 valence electrons. The van der Waals surface area contributed by atoms with Crippen LogP contribution in [0.5, 0.6) is 11.5 Å². The highest BCUT2D eigenvalue weighted by molar-refractivity contribution is 6.32. The standard InChI is InChI=1S/C21H17ClN2O2/c1-25-19-11-10-14(21-23-17-7-3-4-8-18(17)24-21)12-15(19)13-26-20-9-5-2-6-16(20)22/h2-12H,13H2,1H3,(H,23,24). The Bertz CT molecular complexity index is 1030. The highest BCUT2D eigenvalue weighted by Gasteiger charge is 2.11. The summed E-state index contributed by atoms with van der Waals surface area (Å²) in [5, 5.41) is 0.583. The molecular weight excluding hydrogens is 348 g/mol. The number of benzene rings is 3. The van der Waals surface area contributed by atoms with Gasteiger partial charge in [-0.25, -0.2) is 4.98 Å². The Morgan fingerprint density at radius 1 is 0.962 bits per heavy atom. The van der Waals surface area contributed by atoms with Crippen molar-refractivity contribution in [3.8, 4) is 22.9 Å². The second-order valence-corrected chi connectivity index (χ2v) is 6.26. The Morgan fingerprint density at radius 3 is 2.58 bits per heavy atom. The van der Waals surface area contributed by atoms with Crippen LogP contribution in [0.25, 0.3) is 22.4 Å². The van der Waals surface area contributed by atoms with Gasteiger partial charge in [-0.1, -0.05) is 35.9 Å². The van der Waals surface area contributed by atoms with Crippen LogP contribution < -0.4 is 9.47 Å². The summed E-state index contributed by atoms with van der Waals surface area (Å²) < 4.78 is 11.3. The van der Waals surface area contributed by atoms with Gasteiger partial charge in [-0.2, -0.15) is 0 Å². The number of halogens is 1. The Hall–Kier alpha value is -2.98. The first-order valence-corrected chi connectivity index (χ1v) is 8.62. The van der Waals surface area contributed by atoms with Gasteiger partial charge in [0.1, 0.15) is 23.9 Å². The van der Waals surface area contributed by atoms with Gasteiger partial charge in [-0.05, 0) is 42.5 Å². The SMILES string of the molecule is COc1ccc(-c2nc3ccccc3[nH]2)cc1COc1ccccc1Cl. The van der Waals surface area contributed by atoms with Crippen molar-refractivity contribution in [2.45, 2.75) is 6.61 Å². The normalized spacial score (nSPS) is 10.8. The van der Waals surface area contributed by atoms with E-state index in [4.69, 9.17) is 21.1 Å². The maximum absolute atomic E-state index is 6.17. The monoisotopic (exact) mass is 364 g/mol. The molecule has 0 aliphatic carbocycles. The minimum absolute atomic E-state index is 0.348. The van der Waals surface area contributed by atoms with Crippen LogP contribution in [0, 0.1) is 0 Å². The van der Waals surface area contributed by atoms with E-state index in [-0.39, 0.29) is 0 Å². The second kappa shape index (κ2) is 7.10. The van der Waals surface area contributed by atoms with Crippen molar-refractivity contribution in [2.75, 3.05) is 7.11 Å². The highest BCUT2D eigenvalue weighted by atomic mass is 35.5. The lowest BCUT2D eigenvalue weighted by atomic mass is 10.1. The quantitative estimate of drug-likeness (QED) is 0.510. The number of imidazole rings is 1. The molecule has 0 atom stereocenters. The third-order valence-electron chi connectivity index (χ3n) is 4.16. The Morgan fingerprint density at radius 2 is 1.77 bits per heavy atom. The summed E-state index contributed by atoms with van der Waals surface area (Å²) in [6.07, 6.45) is 0. The summed E-state index contributed by atoms with van der Waals surface area (Å²) in [5.41, 5.74) is 3.84. The van der Waals surface area contributed by atoms with Crippen LogP contribution in [0.1, 0.15) is 5.56 Å². The second-order valence-electron chi connectivity index (χ2n) is 5.85. The van der Waals surface area contributed by atoms with Crippen molar-refractivity contribution in [3.63, 3.8) is 0 Å². The molecule has 0 radical (unpaired) electrons. The van der Waals surface area contributed by atoms with Crippen LogP contribution in [-0.4, -0.2) is 17.1 Å². The number of aromatic amines is 1. The summed E-state index contributed by atoms with van der Waals surface area (Å²) in [4.78, 5) is 8.00. The molecule has 0 saturated carbocycles. The Balaban J connectivity index is 1.65. The van der Waals surface area contributed by atoms with Gasteiger partial charge in [0.25, 0.3) is 0 Å². The van der Waals surface area contributed by atoms with Crippen molar-refractivity contribution in [3.05, 3.63) is 77.3 Å². The first-order chi connectivity index (χ1) is 12.7. The number of methoxy groups -OCH3 is 1. The number of hydrogen-bond donors (Lipinski definition) is 1. The van der Waals surface area contributed by atoms with Crippen molar-refractivity contribution >= 4 is 22.6 Å². The van der Waals surface area contributed by atoms with Gasteiger partial charge < -0.3 is 14.5 Å². The first kappa shape index (κ1) is 16.5. The zero-order chi connectivity index (χ0) is 17.9. The maximum Gasteiger partial charge on any atom is 0.138 e. The average molecular weight is 365 g/mol. The van der Waals surface area contributed by atoms with Gasteiger partial charge in [-0.3, -0.25) is 0 Å². The summed E-state index contributed by atoms with van der Waals surface area (Å²) >= 11 is 6.17. The first-order valence-electron chi connectivity index (χ1n) is 8.24. The van der Waals surface area contributed by atoms with E-state index < -0.39 is 0 Å². The lowest BCUT2D eigenvalue weighted by Gasteiger charge is -2.12. The van der Waals surface area contributed by atoms with Gasteiger partial charge >= 0.3 is 0 Å². The molecule has 3 aromatic carbocycles. The van der Waals surface area contributed by atoms with E-state index in [1.54, 1.807) is 13.2 Å². The molecule has 5 heteroatoms. The molecule has 0 aliphatic rings. The largest absolute Gasteiger partial charge is 0.496 e. The summed E-state index contributed by atoms with van der Waals surface area (Å²) in [5.74, 6) is 2.22. The topological polar surface area (TPSA) is 47.1 Å². The molecule has 0 bridgehead atoms. The molecule has 4 rings (SSSR count). The van der Waals surface area contributed by atoms with E-state index in [0.717, 1.165) is 33.7 Å². The number of aromatic nitrogens is 2. The molecule has 0 aliphatic heterocycles. The van der Waals surface area contributed by atoms with Crippen LogP contribution >= 0.6 is 11.6 Å². The van der Waals surface area contributed by atoms with E-state index >= 15 is 0 Å². The number of ether oxygens (including phenoxy) is 2. The van der Waals surface area contributed by atoms with Crippen LogP contribution in [0.3, 0.4) is 0 Å². The van der Waals surface area contributed by atoms with Crippen LogP contribution in [0.15, 0.2) is 66.7 Å².